The number of hydrogen-bond donors (Lipinski definition) is 1. The summed E-state index contributed by atoms with van der Waals surface area (Å²) in [5.74, 6) is -0.295. The number of amides is 1. The summed E-state index contributed by atoms with van der Waals surface area (Å²) in [5.41, 5.74) is 3.07. The van der Waals surface area contributed by atoms with Crippen molar-refractivity contribution in [2.75, 3.05) is 42.7 Å². The number of nitrogens with zero attached hydrogens (tertiary/aromatic N) is 2. The van der Waals surface area contributed by atoms with Gasteiger partial charge in [-0.1, -0.05) is 30.3 Å². The van der Waals surface area contributed by atoms with Gasteiger partial charge in [0.2, 0.25) is 10.0 Å². The molecule has 1 amide bonds. The van der Waals surface area contributed by atoms with E-state index in [0.717, 1.165) is 11.1 Å². The van der Waals surface area contributed by atoms with Crippen molar-refractivity contribution in [2.45, 2.75) is 0 Å². The van der Waals surface area contributed by atoms with Gasteiger partial charge in [-0.15, -0.1) is 0 Å². The van der Waals surface area contributed by atoms with Crippen molar-refractivity contribution in [3.8, 4) is 11.1 Å². The molecule has 0 atom stereocenters. The molecule has 1 aliphatic heterocycles. The van der Waals surface area contributed by atoms with E-state index in [4.69, 9.17) is 4.42 Å². The summed E-state index contributed by atoms with van der Waals surface area (Å²) < 4.78 is 30.3. The van der Waals surface area contributed by atoms with Crippen molar-refractivity contribution in [2.24, 2.45) is 0 Å². The number of rotatable bonds is 5. The number of carbonyl (C=O) groups excluding carboxylic acids is 1. The molecular weight excluding hydrogens is 478 g/mol. The molecule has 36 heavy (non-hydrogen) atoms. The Hall–Kier alpha value is -3.95. The first-order chi connectivity index (χ1) is 17.3. The minimum atomic E-state index is -3.17. The van der Waals surface area contributed by atoms with Gasteiger partial charge in [-0.3, -0.25) is 4.79 Å². The molecule has 9 heteroatoms. The molecule has 0 radical (unpaired) electrons. The van der Waals surface area contributed by atoms with E-state index < -0.39 is 15.6 Å². The van der Waals surface area contributed by atoms with Gasteiger partial charge < -0.3 is 14.6 Å². The Balaban J connectivity index is 1.29. The summed E-state index contributed by atoms with van der Waals surface area (Å²) in [6.07, 6.45) is 1.23. The second kappa shape index (κ2) is 9.60. The fraction of sp³-hybridized carbons (Fsp3) is 0.185. The number of anilines is 2. The molecule has 5 rings (SSSR count). The lowest BCUT2D eigenvalue weighted by Gasteiger charge is -2.34. The van der Waals surface area contributed by atoms with Gasteiger partial charge in [-0.2, -0.15) is 4.31 Å². The van der Waals surface area contributed by atoms with E-state index in [-0.39, 0.29) is 5.91 Å². The largest absolute Gasteiger partial charge is 0.422 e. The first-order valence-corrected chi connectivity index (χ1v) is 13.4. The zero-order chi connectivity index (χ0) is 25.3. The number of benzene rings is 3. The van der Waals surface area contributed by atoms with Gasteiger partial charge in [0.1, 0.15) is 5.58 Å². The molecule has 1 saturated heterocycles. The van der Waals surface area contributed by atoms with Crippen LogP contribution in [-0.2, 0) is 10.0 Å². The second-order valence-electron chi connectivity index (χ2n) is 8.72. The molecule has 0 aliphatic carbocycles. The molecule has 1 aliphatic rings. The molecule has 0 unspecified atom stereocenters. The van der Waals surface area contributed by atoms with E-state index in [9.17, 15) is 18.0 Å². The molecule has 1 aromatic heterocycles. The first kappa shape index (κ1) is 23.8. The van der Waals surface area contributed by atoms with Crippen LogP contribution in [0.2, 0.25) is 0 Å². The highest BCUT2D eigenvalue weighted by Gasteiger charge is 2.23. The molecule has 3 aromatic carbocycles. The van der Waals surface area contributed by atoms with E-state index in [1.807, 2.05) is 36.4 Å². The predicted octanol–water partition coefficient (Wildman–Crippen LogP) is 3.79. The van der Waals surface area contributed by atoms with Gasteiger partial charge in [0.15, 0.2) is 0 Å². The summed E-state index contributed by atoms with van der Waals surface area (Å²) >= 11 is 0. The molecule has 2 heterocycles. The van der Waals surface area contributed by atoms with Crippen LogP contribution < -0.4 is 15.8 Å². The van der Waals surface area contributed by atoms with Crippen molar-refractivity contribution in [3.05, 3.63) is 94.8 Å². The molecular formula is C27H25N3O5S. The monoisotopic (exact) mass is 503 g/mol. The van der Waals surface area contributed by atoms with Gasteiger partial charge in [0.05, 0.1) is 11.8 Å². The van der Waals surface area contributed by atoms with Gasteiger partial charge in [-0.05, 0) is 54.1 Å². The third-order valence-corrected chi connectivity index (χ3v) is 7.58. The van der Waals surface area contributed by atoms with E-state index >= 15 is 0 Å². The van der Waals surface area contributed by atoms with Crippen LogP contribution in [0, 0.1) is 0 Å². The SMILES string of the molecule is CS(=O)(=O)N1CCN(c2ccc(NC(=O)c3cccc(-c4cc5ccccc5oc4=O)c3)cc2)CC1. The highest BCUT2D eigenvalue weighted by Crippen LogP contribution is 2.24. The van der Waals surface area contributed by atoms with Crippen LogP contribution in [-0.4, -0.2) is 51.1 Å². The summed E-state index contributed by atoms with van der Waals surface area (Å²) in [6, 6.07) is 23.4. The molecule has 1 fully saturated rings. The predicted molar refractivity (Wildman–Crippen MR) is 141 cm³/mol. The minimum Gasteiger partial charge on any atom is -0.422 e. The van der Waals surface area contributed by atoms with Crippen molar-refractivity contribution < 1.29 is 17.6 Å². The number of sulfonamides is 1. The Morgan fingerprint density at radius 3 is 2.33 bits per heavy atom. The maximum absolute atomic E-state index is 12.9. The number of para-hydroxylation sites is 1. The summed E-state index contributed by atoms with van der Waals surface area (Å²) in [5, 5.41) is 3.70. The first-order valence-electron chi connectivity index (χ1n) is 11.5. The maximum Gasteiger partial charge on any atom is 0.344 e. The lowest BCUT2D eigenvalue weighted by atomic mass is 10.0. The Labute approximate surface area is 208 Å². The van der Waals surface area contributed by atoms with Gasteiger partial charge in [-0.25, -0.2) is 13.2 Å². The Morgan fingerprint density at radius 1 is 0.889 bits per heavy atom. The lowest BCUT2D eigenvalue weighted by Crippen LogP contribution is -2.48. The van der Waals surface area contributed by atoms with Crippen LogP contribution in [0.15, 0.2) is 88.1 Å². The smallest absolute Gasteiger partial charge is 0.344 e. The van der Waals surface area contributed by atoms with Crippen LogP contribution in [0.5, 0.6) is 0 Å². The highest BCUT2D eigenvalue weighted by atomic mass is 32.2. The lowest BCUT2D eigenvalue weighted by molar-refractivity contribution is 0.102. The van der Waals surface area contributed by atoms with E-state index in [1.165, 1.54) is 10.6 Å². The maximum atomic E-state index is 12.9. The zero-order valence-corrected chi connectivity index (χ0v) is 20.5. The van der Waals surface area contributed by atoms with Crippen LogP contribution >= 0.6 is 0 Å². The van der Waals surface area contributed by atoms with Crippen LogP contribution in [0.4, 0.5) is 11.4 Å². The molecule has 184 valence electrons. The fourth-order valence-corrected chi connectivity index (χ4v) is 5.15. The average molecular weight is 504 g/mol. The third kappa shape index (κ3) is 5.02. The van der Waals surface area contributed by atoms with Gasteiger partial charge in [0.25, 0.3) is 5.91 Å². The van der Waals surface area contributed by atoms with E-state index in [2.05, 4.69) is 10.2 Å². The zero-order valence-electron chi connectivity index (χ0n) is 19.7. The normalized spacial score (nSPS) is 14.6. The molecule has 0 saturated carbocycles. The molecule has 0 bridgehead atoms. The van der Waals surface area contributed by atoms with Gasteiger partial charge in [0, 0.05) is 48.5 Å². The van der Waals surface area contributed by atoms with Crippen molar-refractivity contribution in [1.82, 2.24) is 4.31 Å². The average Bonchev–Trinajstić information content (AvgIpc) is 2.88. The van der Waals surface area contributed by atoms with Crippen LogP contribution in [0.3, 0.4) is 0 Å². The highest BCUT2D eigenvalue weighted by molar-refractivity contribution is 7.88. The number of carbonyl (C=O) groups is 1. The summed E-state index contributed by atoms with van der Waals surface area (Å²) in [6.45, 7) is 2.11. The number of hydrogen-bond acceptors (Lipinski definition) is 6. The summed E-state index contributed by atoms with van der Waals surface area (Å²) in [4.78, 5) is 27.6. The topological polar surface area (TPSA) is 99.9 Å². The second-order valence-corrected chi connectivity index (χ2v) is 10.7. The van der Waals surface area contributed by atoms with Crippen LogP contribution in [0.1, 0.15) is 10.4 Å². The third-order valence-electron chi connectivity index (χ3n) is 6.28. The van der Waals surface area contributed by atoms with Gasteiger partial charge >= 0.3 is 5.63 Å². The molecule has 8 nitrogen and oxygen atoms in total. The Morgan fingerprint density at radius 2 is 1.61 bits per heavy atom. The summed E-state index contributed by atoms with van der Waals surface area (Å²) in [7, 11) is -3.17. The standard InChI is InChI=1S/C27H25N3O5S/c1-36(33,34)30-15-13-29(14-16-30)23-11-9-22(10-12-23)28-26(31)21-7-4-6-19(17-21)24-18-20-5-2-3-8-25(20)35-27(24)32/h2-12,17-18H,13-16H2,1H3,(H,28,31). The van der Waals surface area contributed by atoms with Crippen molar-refractivity contribution in [1.29, 1.82) is 0 Å². The van der Waals surface area contributed by atoms with Crippen molar-refractivity contribution >= 4 is 38.3 Å². The van der Waals surface area contributed by atoms with E-state index in [1.54, 1.807) is 42.5 Å². The Bertz CT molecular complexity index is 1590. The minimum absolute atomic E-state index is 0.295. The van der Waals surface area contributed by atoms with Crippen molar-refractivity contribution in [3.63, 3.8) is 0 Å². The fourth-order valence-electron chi connectivity index (χ4n) is 4.33. The van der Waals surface area contributed by atoms with E-state index in [0.29, 0.717) is 54.1 Å². The number of piperazine rings is 1. The Kier molecular flexibility index (Phi) is 6.34. The molecule has 4 aromatic rings. The quantitative estimate of drug-likeness (QED) is 0.416. The molecule has 1 N–H and O–H groups in total. The van der Waals surface area contributed by atoms with Crippen LogP contribution in [0.25, 0.3) is 22.1 Å². The number of nitrogens with one attached hydrogen (secondary N) is 1. The number of fused-ring (bicyclic) bond motifs is 1. The molecule has 0 spiro atoms.